The molecule has 0 aromatic carbocycles. The first kappa shape index (κ1) is 8.64. The smallest absolute Gasteiger partial charge is 0.264 e. The Kier molecular flexibility index (Phi) is 2.38. The Morgan fingerprint density at radius 1 is 1.58 bits per heavy atom. The van der Waals surface area contributed by atoms with Crippen LogP contribution in [-0.2, 0) is 0 Å². The summed E-state index contributed by atoms with van der Waals surface area (Å²) in [5, 5.41) is 0. The molecule has 0 radical (unpaired) electrons. The van der Waals surface area contributed by atoms with Crippen molar-refractivity contribution in [1.82, 2.24) is 9.55 Å². The predicted octanol–water partition coefficient (Wildman–Crippen LogP) is 0.637. The van der Waals surface area contributed by atoms with Crippen LogP contribution in [0.25, 0.3) is 0 Å². The third kappa shape index (κ3) is 1.42. The van der Waals surface area contributed by atoms with E-state index in [-0.39, 0.29) is 17.2 Å². The van der Waals surface area contributed by atoms with Crippen LogP contribution >= 0.6 is 0 Å². The Morgan fingerprint density at radius 2 is 2.25 bits per heavy atom. The van der Waals surface area contributed by atoms with Crippen LogP contribution < -0.4 is 5.56 Å². The van der Waals surface area contributed by atoms with Crippen molar-refractivity contribution >= 4 is 6.29 Å². The average molecular weight is 166 g/mol. The summed E-state index contributed by atoms with van der Waals surface area (Å²) in [5.74, 6) is 0. The van der Waals surface area contributed by atoms with Crippen molar-refractivity contribution in [3.05, 3.63) is 28.4 Å². The Labute approximate surface area is 69.9 Å². The molecule has 1 heterocycles. The minimum absolute atomic E-state index is 0.0323. The molecule has 0 unspecified atom stereocenters. The van der Waals surface area contributed by atoms with Gasteiger partial charge in [-0.15, -0.1) is 0 Å². The third-order valence-corrected chi connectivity index (χ3v) is 1.57. The average Bonchev–Trinajstić information content (AvgIpc) is 2.04. The molecular formula is C8H10N2O2. The van der Waals surface area contributed by atoms with Gasteiger partial charge < -0.3 is 0 Å². The van der Waals surface area contributed by atoms with Crippen molar-refractivity contribution in [3.63, 3.8) is 0 Å². The lowest BCUT2D eigenvalue weighted by Gasteiger charge is -2.07. The lowest BCUT2D eigenvalue weighted by atomic mass is 10.3. The van der Waals surface area contributed by atoms with Gasteiger partial charge in [0.25, 0.3) is 5.56 Å². The molecule has 4 heteroatoms. The SMILES string of the molecule is CC(C)n1cncc(C=O)c1=O. The molecule has 1 rings (SSSR count). The molecule has 0 aliphatic carbocycles. The summed E-state index contributed by atoms with van der Waals surface area (Å²) in [6.07, 6.45) is 3.22. The van der Waals surface area contributed by atoms with E-state index in [1.807, 2.05) is 13.8 Å². The van der Waals surface area contributed by atoms with Gasteiger partial charge in [0.1, 0.15) is 0 Å². The third-order valence-electron chi connectivity index (χ3n) is 1.57. The molecule has 0 saturated carbocycles. The zero-order chi connectivity index (χ0) is 9.14. The first-order chi connectivity index (χ1) is 5.66. The second kappa shape index (κ2) is 3.30. The van der Waals surface area contributed by atoms with E-state index >= 15 is 0 Å². The van der Waals surface area contributed by atoms with Crippen molar-refractivity contribution in [2.75, 3.05) is 0 Å². The molecular weight excluding hydrogens is 156 g/mol. The van der Waals surface area contributed by atoms with E-state index in [0.717, 1.165) is 0 Å². The second-order valence-corrected chi connectivity index (χ2v) is 2.77. The topological polar surface area (TPSA) is 52.0 Å². The maximum absolute atomic E-state index is 11.3. The Balaban J connectivity index is 3.33. The van der Waals surface area contributed by atoms with Gasteiger partial charge in [-0.1, -0.05) is 0 Å². The fourth-order valence-electron chi connectivity index (χ4n) is 0.891. The van der Waals surface area contributed by atoms with Crippen molar-refractivity contribution in [3.8, 4) is 0 Å². The van der Waals surface area contributed by atoms with E-state index < -0.39 is 0 Å². The van der Waals surface area contributed by atoms with Gasteiger partial charge in [0.2, 0.25) is 0 Å². The molecule has 0 spiro atoms. The first-order valence-corrected chi connectivity index (χ1v) is 3.68. The molecule has 1 aromatic heterocycles. The van der Waals surface area contributed by atoms with E-state index in [9.17, 15) is 9.59 Å². The van der Waals surface area contributed by atoms with Crippen molar-refractivity contribution in [1.29, 1.82) is 0 Å². The van der Waals surface area contributed by atoms with Crippen LogP contribution in [0.5, 0.6) is 0 Å². The van der Waals surface area contributed by atoms with Crippen LogP contribution in [0.3, 0.4) is 0 Å². The normalized spacial score (nSPS) is 10.2. The summed E-state index contributed by atoms with van der Waals surface area (Å²) >= 11 is 0. The maximum Gasteiger partial charge on any atom is 0.264 e. The quantitative estimate of drug-likeness (QED) is 0.606. The van der Waals surface area contributed by atoms with E-state index in [4.69, 9.17) is 0 Å². The van der Waals surface area contributed by atoms with Crippen LogP contribution in [0, 0.1) is 0 Å². The second-order valence-electron chi connectivity index (χ2n) is 2.77. The summed E-state index contributed by atoms with van der Waals surface area (Å²) in [6.45, 7) is 3.72. The van der Waals surface area contributed by atoms with E-state index in [1.165, 1.54) is 17.1 Å². The number of nitrogens with zero attached hydrogens (tertiary/aromatic N) is 2. The molecule has 1 aromatic rings. The molecule has 0 amide bonds. The number of hydrogen-bond acceptors (Lipinski definition) is 3. The Bertz CT molecular complexity index is 341. The van der Waals surface area contributed by atoms with Gasteiger partial charge in [-0.25, -0.2) is 4.98 Å². The molecule has 0 atom stereocenters. The molecule has 0 N–H and O–H groups in total. The van der Waals surface area contributed by atoms with Crippen molar-refractivity contribution < 1.29 is 4.79 Å². The zero-order valence-electron chi connectivity index (χ0n) is 7.02. The van der Waals surface area contributed by atoms with Crippen LogP contribution in [0.1, 0.15) is 30.2 Å². The number of hydrogen-bond donors (Lipinski definition) is 0. The summed E-state index contributed by atoms with van der Waals surface area (Å²) in [4.78, 5) is 25.5. The maximum atomic E-state index is 11.3. The number of aldehydes is 1. The highest BCUT2D eigenvalue weighted by atomic mass is 16.1. The monoisotopic (exact) mass is 166 g/mol. The Hall–Kier alpha value is -1.45. The highest BCUT2D eigenvalue weighted by Gasteiger charge is 2.04. The van der Waals surface area contributed by atoms with Gasteiger partial charge in [0.15, 0.2) is 6.29 Å². The van der Waals surface area contributed by atoms with E-state index in [0.29, 0.717) is 6.29 Å². The lowest BCUT2D eigenvalue weighted by Crippen LogP contribution is -2.24. The highest BCUT2D eigenvalue weighted by molar-refractivity contribution is 5.73. The first-order valence-electron chi connectivity index (χ1n) is 3.68. The van der Waals surface area contributed by atoms with Crippen molar-refractivity contribution in [2.45, 2.75) is 19.9 Å². The van der Waals surface area contributed by atoms with Gasteiger partial charge in [-0.2, -0.15) is 0 Å². The molecule has 0 bridgehead atoms. The van der Waals surface area contributed by atoms with E-state index in [2.05, 4.69) is 4.98 Å². The zero-order valence-corrected chi connectivity index (χ0v) is 7.02. The van der Waals surface area contributed by atoms with Crippen LogP contribution in [0.2, 0.25) is 0 Å². The van der Waals surface area contributed by atoms with Gasteiger partial charge in [0, 0.05) is 12.2 Å². The summed E-state index contributed by atoms with van der Waals surface area (Å²) < 4.78 is 1.42. The van der Waals surface area contributed by atoms with Crippen LogP contribution in [-0.4, -0.2) is 15.8 Å². The summed E-state index contributed by atoms with van der Waals surface area (Å²) in [5.41, 5.74) is -0.179. The summed E-state index contributed by atoms with van der Waals surface area (Å²) in [6, 6.07) is 0.0323. The van der Waals surface area contributed by atoms with Gasteiger partial charge in [0.05, 0.1) is 11.9 Å². The van der Waals surface area contributed by atoms with Crippen molar-refractivity contribution in [2.24, 2.45) is 0 Å². The molecule has 0 aliphatic heterocycles. The minimum atomic E-state index is -0.282. The largest absolute Gasteiger partial charge is 0.298 e. The standard InChI is InChI=1S/C8H10N2O2/c1-6(2)10-5-9-3-7(4-11)8(10)12/h3-6H,1-2H3. The van der Waals surface area contributed by atoms with Gasteiger partial charge >= 0.3 is 0 Å². The highest BCUT2D eigenvalue weighted by Crippen LogP contribution is 1.97. The molecule has 64 valence electrons. The van der Waals surface area contributed by atoms with Gasteiger partial charge in [-0.05, 0) is 13.8 Å². The minimum Gasteiger partial charge on any atom is -0.298 e. The molecule has 0 aliphatic rings. The molecule has 0 fully saturated rings. The number of rotatable bonds is 2. The molecule has 4 nitrogen and oxygen atoms in total. The predicted molar refractivity (Wildman–Crippen MR) is 44.3 cm³/mol. The summed E-state index contributed by atoms with van der Waals surface area (Å²) in [7, 11) is 0. The number of carbonyl (C=O) groups excluding carboxylic acids is 1. The fraction of sp³-hybridized carbons (Fsp3) is 0.375. The van der Waals surface area contributed by atoms with Crippen LogP contribution in [0.15, 0.2) is 17.3 Å². The fourth-order valence-corrected chi connectivity index (χ4v) is 0.891. The van der Waals surface area contributed by atoms with Crippen LogP contribution in [0.4, 0.5) is 0 Å². The van der Waals surface area contributed by atoms with Gasteiger partial charge in [-0.3, -0.25) is 14.2 Å². The number of carbonyl (C=O) groups is 1. The lowest BCUT2D eigenvalue weighted by molar-refractivity contribution is 0.112. The number of aromatic nitrogens is 2. The molecule has 0 saturated heterocycles. The Morgan fingerprint density at radius 3 is 2.75 bits per heavy atom. The van der Waals surface area contributed by atoms with E-state index in [1.54, 1.807) is 0 Å². The molecule has 12 heavy (non-hydrogen) atoms.